The number of aliphatic hydroxyl groups is 2. The third-order valence-electron chi connectivity index (χ3n) is 1.41. The lowest BCUT2D eigenvalue weighted by Crippen LogP contribution is -2.16. The van der Waals surface area contributed by atoms with E-state index in [1.54, 1.807) is 19.9 Å². The van der Waals surface area contributed by atoms with Gasteiger partial charge in [0.1, 0.15) is 0 Å². The number of hydrogen-bond acceptors (Lipinski definition) is 2. The largest absolute Gasteiger partial charge is 0.392 e. The van der Waals surface area contributed by atoms with E-state index in [9.17, 15) is 5.11 Å². The first-order valence-corrected chi connectivity index (χ1v) is 4.12. The molecular weight excluding hydrogens is 152 g/mol. The number of rotatable bonds is 4. The van der Waals surface area contributed by atoms with E-state index in [2.05, 4.69) is 0 Å². The van der Waals surface area contributed by atoms with Crippen LogP contribution in [0.25, 0.3) is 0 Å². The Kier molecular flexibility index (Phi) is 4.86. The lowest BCUT2D eigenvalue weighted by atomic mass is 10.0. The third-order valence-corrected chi connectivity index (χ3v) is 1.41. The van der Waals surface area contributed by atoms with E-state index < -0.39 is 5.60 Å². The van der Waals surface area contributed by atoms with E-state index in [0.29, 0.717) is 6.42 Å². The topological polar surface area (TPSA) is 40.5 Å². The van der Waals surface area contributed by atoms with E-state index in [0.717, 1.165) is 5.57 Å². The minimum absolute atomic E-state index is 0.0681. The summed E-state index contributed by atoms with van der Waals surface area (Å²) in [4.78, 5) is 0. The highest BCUT2D eigenvalue weighted by molar-refractivity contribution is 5.16. The van der Waals surface area contributed by atoms with Crippen molar-refractivity contribution in [2.75, 3.05) is 6.61 Å². The average molecular weight is 170 g/mol. The van der Waals surface area contributed by atoms with Crippen LogP contribution in [0.5, 0.6) is 0 Å². The first-order valence-electron chi connectivity index (χ1n) is 4.12. The van der Waals surface area contributed by atoms with Gasteiger partial charge in [0, 0.05) is 0 Å². The van der Waals surface area contributed by atoms with Crippen LogP contribution in [0.4, 0.5) is 0 Å². The minimum atomic E-state index is -0.643. The van der Waals surface area contributed by atoms with Gasteiger partial charge in [0.15, 0.2) is 0 Å². The second-order valence-electron chi connectivity index (χ2n) is 3.55. The van der Waals surface area contributed by atoms with Crippen molar-refractivity contribution in [3.05, 3.63) is 23.8 Å². The van der Waals surface area contributed by atoms with Crippen LogP contribution in [0.3, 0.4) is 0 Å². The highest BCUT2D eigenvalue weighted by Crippen LogP contribution is 2.08. The zero-order valence-electron chi connectivity index (χ0n) is 8.04. The van der Waals surface area contributed by atoms with Crippen LogP contribution >= 0.6 is 0 Å². The minimum Gasteiger partial charge on any atom is -0.392 e. The molecule has 0 aromatic carbocycles. The van der Waals surface area contributed by atoms with Crippen LogP contribution < -0.4 is 0 Å². The Morgan fingerprint density at radius 1 is 1.42 bits per heavy atom. The Bertz CT molecular complexity index is 173. The molecular formula is C10H18O2. The standard InChI is InChI=1S/C10H18O2/c1-9(6-8-11)5-4-7-10(2,3)12/h4-6,11-12H,7-8H2,1-3H3/b5-4+,9-6+. The molecule has 0 aromatic rings. The summed E-state index contributed by atoms with van der Waals surface area (Å²) < 4.78 is 0. The second-order valence-corrected chi connectivity index (χ2v) is 3.55. The van der Waals surface area contributed by atoms with Crippen LogP contribution in [0, 0.1) is 0 Å². The molecule has 0 aliphatic carbocycles. The van der Waals surface area contributed by atoms with E-state index in [1.807, 2.05) is 19.1 Å². The van der Waals surface area contributed by atoms with Gasteiger partial charge in [-0.25, -0.2) is 0 Å². The molecule has 0 amide bonds. The Morgan fingerprint density at radius 3 is 2.42 bits per heavy atom. The molecule has 2 heteroatoms. The summed E-state index contributed by atoms with van der Waals surface area (Å²) in [6.45, 7) is 5.51. The molecule has 2 N–H and O–H groups in total. The maximum absolute atomic E-state index is 9.34. The molecule has 0 radical (unpaired) electrons. The maximum atomic E-state index is 9.34. The van der Waals surface area contributed by atoms with Crippen molar-refractivity contribution in [3.63, 3.8) is 0 Å². The van der Waals surface area contributed by atoms with Gasteiger partial charge in [-0.3, -0.25) is 0 Å². The molecule has 0 aromatic heterocycles. The summed E-state index contributed by atoms with van der Waals surface area (Å²) in [5.41, 5.74) is 0.373. The molecule has 0 atom stereocenters. The van der Waals surface area contributed by atoms with Crippen LogP contribution in [-0.2, 0) is 0 Å². The predicted octanol–water partition coefficient (Wildman–Crippen LogP) is 1.64. The molecule has 0 heterocycles. The van der Waals surface area contributed by atoms with Gasteiger partial charge in [-0.1, -0.05) is 23.8 Å². The summed E-state index contributed by atoms with van der Waals surface area (Å²) >= 11 is 0. The molecule has 12 heavy (non-hydrogen) atoms. The molecule has 2 nitrogen and oxygen atoms in total. The summed E-state index contributed by atoms with van der Waals surface area (Å²) in [6.07, 6.45) is 6.15. The lowest BCUT2D eigenvalue weighted by Gasteiger charge is -2.13. The number of hydrogen-bond donors (Lipinski definition) is 2. The molecule has 0 saturated heterocycles. The highest BCUT2D eigenvalue weighted by Gasteiger charge is 2.08. The quantitative estimate of drug-likeness (QED) is 0.630. The normalized spacial score (nSPS) is 14.2. The zero-order valence-corrected chi connectivity index (χ0v) is 8.04. The fraction of sp³-hybridized carbons (Fsp3) is 0.600. The smallest absolute Gasteiger partial charge is 0.0626 e. The Hall–Kier alpha value is -0.600. The monoisotopic (exact) mass is 170 g/mol. The van der Waals surface area contributed by atoms with Crippen LogP contribution in [0.2, 0.25) is 0 Å². The SMILES string of the molecule is CC(/C=C/CC(C)(C)O)=C\CO. The van der Waals surface area contributed by atoms with Crippen molar-refractivity contribution >= 4 is 0 Å². The molecule has 0 rings (SSSR count). The molecule has 0 bridgehead atoms. The van der Waals surface area contributed by atoms with Crippen LogP contribution in [0.15, 0.2) is 23.8 Å². The van der Waals surface area contributed by atoms with Crippen molar-refractivity contribution in [2.24, 2.45) is 0 Å². The Labute approximate surface area is 74.2 Å². The van der Waals surface area contributed by atoms with Gasteiger partial charge < -0.3 is 10.2 Å². The maximum Gasteiger partial charge on any atom is 0.0626 e. The van der Waals surface area contributed by atoms with Crippen LogP contribution in [0.1, 0.15) is 27.2 Å². The molecule has 0 unspecified atom stereocenters. The Balaban J connectivity index is 3.85. The molecule has 0 spiro atoms. The molecule has 0 fully saturated rings. The summed E-state index contributed by atoms with van der Waals surface area (Å²) in [6, 6.07) is 0. The van der Waals surface area contributed by atoms with Gasteiger partial charge in [-0.15, -0.1) is 0 Å². The third kappa shape index (κ3) is 7.51. The van der Waals surface area contributed by atoms with Gasteiger partial charge in [-0.05, 0) is 27.2 Å². The highest BCUT2D eigenvalue weighted by atomic mass is 16.3. The van der Waals surface area contributed by atoms with E-state index >= 15 is 0 Å². The van der Waals surface area contributed by atoms with Crippen LogP contribution in [-0.4, -0.2) is 22.4 Å². The number of allylic oxidation sites excluding steroid dienone is 2. The van der Waals surface area contributed by atoms with E-state index in [1.165, 1.54) is 0 Å². The first kappa shape index (κ1) is 11.4. The Morgan fingerprint density at radius 2 is 2.00 bits per heavy atom. The zero-order chi connectivity index (χ0) is 9.61. The van der Waals surface area contributed by atoms with Gasteiger partial charge >= 0.3 is 0 Å². The van der Waals surface area contributed by atoms with Gasteiger partial charge in [0.25, 0.3) is 0 Å². The fourth-order valence-corrected chi connectivity index (χ4v) is 0.745. The molecule has 0 aliphatic rings. The van der Waals surface area contributed by atoms with Crippen molar-refractivity contribution in [2.45, 2.75) is 32.8 Å². The summed E-state index contributed by atoms with van der Waals surface area (Å²) in [5, 5.41) is 17.9. The van der Waals surface area contributed by atoms with E-state index in [4.69, 9.17) is 5.11 Å². The second kappa shape index (κ2) is 5.12. The average Bonchev–Trinajstić information content (AvgIpc) is 1.84. The molecule has 0 saturated carbocycles. The molecule has 70 valence electrons. The van der Waals surface area contributed by atoms with Crippen molar-refractivity contribution in [3.8, 4) is 0 Å². The summed E-state index contributed by atoms with van der Waals surface area (Å²) in [7, 11) is 0. The van der Waals surface area contributed by atoms with Gasteiger partial charge in [-0.2, -0.15) is 0 Å². The first-order chi connectivity index (χ1) is 5.45. The lowest BCUT2D eigenvalue weighted by molar-refractivity contribution is 0.0839. The van der Waals surface area contributed by atoms with Gasteiger partial charge in [0.05, 0.1) is 12.2 Å². The van der Waals surface area contributed by atoms with Crippen molar-refractivity contribution in [1.82, 2.24) is 0 Å². The molecule has 0 aliphatic heterocycles. The fourth-order valence-electron chi connectivity index (χ4n) is 0.745. The van der Waals surface area contributed by atoms with Crippen molar-refractivity contribution in [1.29, 1.82) is 0 Å². The predicted molar refractivity (Wildman–Crippen MR) is 50.9 cm³/mol. The van der Waals surface area contributed by atoms with E-state index in [-0.39, 0.29) is 6.61 Å². The van der Waals surface area contributed by atoms with Crippen molar-refractivity contribution < 1.29 is 10.2 Å². The number of aliphatic hydroxyl groups excluding tert-OH is 1. The van der Waals surface area contributed by atoms with Gasteiger partial charge in [0.2, 0.25) is 0 Å². The summed E-state index contributed by atoms with van der Waals surface area (Å²) in [5.74, 6) is 0.